The number of hydrogen-bond acceptors (Lipinski definition) is 4. The van der Waals surface area contributed by atoms with E-state index in [1.165, 1.54) is 6.26 Å². The molecule has 0 aliphatic carbocycles. The van der Waals surface area contributed by atoms with Gasteiger partial charge < -0.3 is 4.42 Å². The van der Waals surface area contributed by atoms with Crippen LogP contribution in [0.2, 0.25) is 0 Å². The van der Waals surface area contributed by atoms with Gasteiger partial charge in [-0.05, 0) is 50.1 Å². The highest BCUT2D eigenvalue weighted by Crippen LogP contribution is 2.34. The van der Waals surface area contributed by atoms with Crippen molar-refractivity contribution in [3.05, 3.63) is 38.5 Å². The van der Waals surface area contributed by atoms with Crippen molar-refractivity contribution in [1.82, 2.24) is 4.72 Å². The maximum atomic E-state index is 11.9. The van der Waals surface area contributed by atoms with E-state index in [0.29, 0.717) is 5.76 Å². The van der Waals surface area contributed by atoms with Crippen LogP contribution in [0.25, 0.3) is 0 Å². The molecule has 1 N–H and O–H groups in total. The second-order valence-corrected chi connectivity index (χ2v) is 8.31. The SMILES string of the molecule is O=S(=O)(NCc1ccco1)c1cc(Br)c(Br)s1. The van der Waals surface area contributed by atoms with E-state index in [1.54, 1.807) is 18.2 Å². The first kappa shape index (κ1) is 13.3. The van der Waals surface area contributed by atoms with Gasteiger partial charge in [-0.3, -0.25) is 0 Å². The molecule has 0 unspecified atom stereocenters. The van der Waals surface area contributed by atoms with Crippen molar-refractivity contribution < 1.29 is 12.8 Å². The zero-order chi connectivity index (χ0) is 12.5. The fourth-order valence-corrected chi connectivity index (χ4v) is 4.97. The number of nitrogens with one attached hydrogen (secondary N) is 1. The van der Waals surface area contributed by atoms with Gasteiger partial charge in [0.15, 0.2) is 0 Å². The Bertz CT molecular complexity index is 585. The molecular weight excluding hydrogens is 394 g/mol. The van der Waals surface area contributed by atoms with Crippen molar-refractivity contribution in [2.24, 2.45) is 0 Å². The molecule has 2 aromatic rings. The minimum atomic E-state index is -3.49. The summed E-state index contributed by atoms with van der Waals surface area (Å²) < 4.78 is 33.1. The van der Waals surface area contributed by atoms with Gasteiger partial charge in [-0.25, -0.2) is 13.1 Å². The highest BCUT2D eigenvalue weighted by Gasteiger charge is 2.18. The van der Waals surface area contributed by atoms with Gasteiger partial charge in [-0.1, -0.05) is 0 Å². The summed E-state index contributed by atoms with van der Waals surface area (Å²) in [6, 6.07) is 4.98. The van der Waals surface area contributed by atoms with Gasteiger partial charge in [-0.15, -0.1) is 11.3 Å². The van der Waals surface area contributed by atoms with Crippen LogP contribution in [-0.4, -0.2) is 8.42 Å². The van der Waals surface area contributed by atoms with Crippen LogP contribution in [0.15, 0.2) is 41.3 Å². The van der Waals surface area contributed by atoms with E-state index < -0.39 is 10.0 Å². The van der Waals surface area contributed by atoms with E-state index >= 15 is 0 Å². The molecule has 0 spiro atoms. The predicted molar refractivity (Wildman–Crippen MR) is 72.5 cm³/mol. The molecule has 0 atom stereocenters. The Labute approximate surface area is 119 Å². The first-order chi connectivity index (χ1) is 7.99. The Hall–Kier alpha value is -0.150. The van der Waals surface area contributed by atoms with E-state index in [1.807, 2.05) is 0 Å². The molecule has 0 aliphatic heterocycles. The maximum Gasteiger partial charge on any atom is 0.250 e. The molecule has 0 saturated carbocycles. The van der Waals surface area contributed by atoms with Crippen molar-refractivity contribution >= 4 is 53.2 Å². The first-order valence-electron chi connectivity index (χ1n) is 4.46. The summed E-state index contributed by atoms with van der Waals surface area (Å²) in [6.07, 6.45) is 1.50. The number of halogens is 2. The fraction of sp³-hybridized carbons (Fsp3) is 0.111. The normalized spacial score (nSPS) is 11.9. The van der Waals surface area contributed by atoms with Gasteiger partial charge in [0.2, 0.25) is 0 Å². The summed E-state index contributed by atoms with van der Waals surface area (Å²) in [5.74, 6) is 0.572. The van der Waals surface area contributed by atoms with Crippen LogP contribution in [-0.2, 0) is 16.6 Å². The van der Waals surface area contributed by atoms with Gasteiger partial charge in [0, 0.05) is 4.47 Å². The van der Waals surface area contributed by atoms with Gasteiger partial charge in [0.1, 0.15) is 9.97 Å². The fourth-order valence-electron chi connectivity index (χ4n) is 1.11. The van der Waals surface area contributed by atoms with Crippen molar-refractivity contribution in [2.75, 3.05) is 0 Å². The highest BCUT2D eigenvalue weighted by molar-refractivity contribution is 9.13. The van der Waals surface area contributed by atoms with Crippen molar-refractivity contribution in [3.8, 4) is 0 Å². The first-order valence-corrected chi connectivity index (χ1v) is 8.34. The molecule has 0 bridgehead atoms. The molecule has 8 heteroatoms. The molecule has 4 nitrogen and oxygen atoms in total. The van der Waals surface area contributed by atoms with E-state index in [-0.39, 0.29) is 10.8 Å². The molecule has 2 rings (SSSR count). The number of hydrogen-bond donors (Lipinski definition) is 1. The van der Waals surface area contributed by atoms with E-state index in [2.05, 4.69) is 36.6 Å². The zero-order valence-corrected chi connectivity index (χ0v) is 13.1. The Balaban J connectivity index is 2.14. The molecule has 0 fully saturated rings. The lowest BCUT2D eigenvalue weighted by Crippen LogP contribution is -2.22. The van der Waals surface area contributed by atoms with Gasteiger partial charge in [0.25, 0.3) is 10.0 Å². The van der Waals surface area contributed by atoms with Gasteiger partial charge >= 0.3 is 0 Å². The Kier molecular flexibility index (Phi) is 4.09. The van der Waals surface area contributed by atoms with Crippen LogP contribution in [0.4, 0.5) is 0 Å². The highest BCUT2D eigenvalue weighted by atomic mass is 79.9. The second kappa shape index (κ2) is 5.23. The molecule has 0 radical (unpaired) electrons. The second-order valence-electron chi connectivity index (χ2n) is 3.09. The van der Waals surface area contributed by atoms with Crippen LogP contribution in [0.3, 0.4) is 0 Å². The average molecular weight is 401 g/mol. The lowest BCUT2D eigenvalue weighted by molar-refractivity contribution is 0.499. The summed E-state index contributed by atoms with van der Waals surface area (Å²) in [7, 11) is -3.49. The zero-order valence-electron chi connectivity index (χ0n) is 8.31. The molecule has 0 saturated heterocycles. The Morgan fingerprint density at radius 2 is 2.18 bits per heavy atom. The lowest BCUT2D eigenvalue weighted by atomic mass is 10.5. The molecule has 17 heavy (non-hydrogen) atoms. The van der Waals surface area contributed by atoms with Gasteiger partial charge in [-0.2, -0.15) is 0 Å². The third kappa shape index (κ3) is 3.19. The summed E-state index contributed by atoms with van der Waals surface area (Å²) in [5, 5.41) is 0. The van der Waals surface area contributed by atoms with Crippen LogP contribution < -0.4 is 4.72 Å². The van der Waals surface area contributed by atoms with Crippen molar-refractivity contribution in [2.45, 2.75) is 10.8 Å². The molecule has 0 aromatic carbocycles. The number of furan rings is 1. The van der Waals surface area contributed by atoms with Crippen LogP contribution in [0, 0.1) is 0 Å². The molecule has 2 heterocycles. The number of rotatable bonds is 4. The van der Waals surface area contributed by atoms with E-state index in [9.17, 15) is 8.42 Å². The standard InChI is InChI=1S/C9H7Br2NO3S2/c10-7-4-8(16-9(7)11)17(13,14)12-5-6-2-1-3-15-6/h1-4,12H,5H2. The number of thiophene rings is 1. The lowest BCUT2D eigenvalue weighted by Gasteiger charge is -2.01. The minimum Gasteiger partial charge on any atom is -0.468 e. The monoisotopic (exact) mass is 399 g/mol. The van der Waals surface area contributed by atoms with Gasteiger partial charge in [0.05, 0.1) is 16.6 Å². The summed E-state index contributed by atoms with van der Waals surface area (Å²) >= 11 is 7.66. The third-order valence-electron chi connectivity index (χ3n) is 1.90. The smallest absolute Gasteiger partial charge is 0.250 e. The molecular formula is C9H7Br2NO3S2. The van der Waals surface area contributed by atoms with E-state index in [4.69, 9.17) is 4.42 Å². The summed E-state index contributed by atoms with van der Waals surface area (Å²) in [4.78, 5) is 0. The van der Waals surface area contributed by atoms with Crippen LogP contribution in [0.5, 0.6) is 0 Å². The van der Waals surface area contributed by atoms with Crippen LogP contribution in [0.1, 0.15) is 5.76 Å². The largest absolute Gasteiger partial charge is 0.468 e. The molecule has 92 valence electrons. The van der Waals surface area contributed by atoms with Crippen molar-refractivity contribution in [1.29, 1.82) is 0 Å². The maximum absolute atomic E-state index is 11.9. The quantitative estimate of drug-likeness (QED) is 0.855. The predicted octanol–water partition coefficient (Wildman–Crippen LogP) is 3.34. The van der Waals surface area contributed by atoms with Crippen LogP contribution >= 0.6 is 43.2 Å². The molecule has 0 aliphatic rings. The average Bonchev–Trinajstić information content (AvgIpc) is 2.87. The Morgan fingerprint density at radius 1 is 1.41 bits per heavy atom. The van der Waals surface area contributed by atoms with E-state index in [0.717, 1.165) is 19.6 Å². The third-order valence-corrected chi connectivity index (χ3v) is 7.03. The Morgan fingerprint density at radius 3 is 2.71 bits per heavy atom. The summed E-state index contributed by atoms with van der Waals surface area (Å²) in [6.45, 7) is 0.141. The molecule has 2 aromatic heterocycles. The van der Waals surface area contributed by atoms with Crippen molar-refractivity contribution in [3.63, 3.8) is 0 Å². The topological polar surface area (TPSA) is 59.3 Å². The summed E-state index contributed by atoms with van der Waals surface area (Å²) in [5.41, 5.74) is 0. The minimum absolute atomic E-state index is 0.141. The number of sulfonamides is 1. The molecule has 0 amide bonds.